The molecule has 0 fully saturated rings. The average Bonchev–Trinajstić information content (AvgIpc) is 2.31. The van der Waals surface area contributed by atoms with Crippen molar-refractivity contribution in [3.63, 3.8) is 0 Å². The van der Waals surface area contributed by atoms with Gasteiger partial charge in [0.2, 0.25) is 0 Å². The van der Waals surface area contributed by atoms with Crippen molar-refractivity contribution in [3.8, 4) is 5.75 Å². The highest BCUT2D eigenvalue weighted by atomic mass is 127. The molecule has 0 bridgehead atoms. The lowest BCUT2D eigenvalue weighted by Gasteiger charge is -2.11. The Hall–Kier alpha value is -1.21. The molecular weight excluding hydrogens is 396 g/mol. The Bertz CT molecular complexity index is 726. The van der Waals surface area contributed by atoms with Crippen LogP contribution in [0.4, 0.5) is 13.2 Å². The van der Waals surface area contributed by atoms with Gasteiger partial charge in [-0.1, -0.05) is 12.1 Å². The third-order valence-corrected chi connectivity index (χ3v) is 4.25. The van der Waals surface area contributed by atoms with Crippen LogP contribution in [0.2, 0.25) is 0 Å². The largest absolute Gasteiger partial charge is 0.534 e. The molecule has 2 aromatic rings. The number of fused-ring (bicyclic) bond motifs is 1. The first-order valence-corrected chi connectivity index (χ1v) is 7.22. The first kappa shape index (κ1) is 14.2. The summed E-state index contributed by atoms with van der Waals surface area (Å²) in [5.74, 6) is -0.370. The first-order chi connectivity index (χ1) is 8.72. The van der Waals surface area contributed by atoms with Crippen molar-refractivity contribution in [2.45, 2.75) is 5.51 Å². The smallest absolute Gasteiger partial charge is 0.375 e. The minimum atomic E-state index is -5.66. The molecule has 8 heteroatoms. The zero-order valence-corrected chi connectivity index (χ0v) is 11.9. The third-order valence-electron chi connectivity index (χ3n) is 2.17. The zero-order chi connectivity index (χ0) is 14.3. The van der Waals surface area contributed by atoms with Crippen molar-refractivity contribution in [2.24, 2.45) is 0 Å². The van der Waals surface area contributed by atoms with Gasteiger partial charge in [-0.25, -0.2) is 0 Å². The number of hydrogen-bond acceptors (Lipinski definition) is 3. The minimum absolute atomic E-state index is 0.258. The minimum Gasteiger partial charge on any atom is -0.375 e. The highest BCUT2D eigenvalue weighted by Crippen LogP contribution is 2.33. The summed E-state index contributed by atoms with van der Waals surface area (Å²) in [6, 6.07) is 11.1. The SMILES string of the molecule is O=S(=O)(Oc1ccc2c#cccc2c1I)C(F)(F)F. The molecule has 0 radical (unpaired) electrons. The zero-order valence-electron chi connectivity index (χ0n) is 8.95. The molecule has 0 heterocycles. The summed E-state index contributed by atoms with van der Waals surface area (Å²) in [5.41, 5.74) is -5.46. The van der Waals surface area contributed by atoms with Crippen molar-refractivity contribution in [1.29, 1.82) is 0 Å². The Labute approximate surface area is 120 Å². The predicted molar refractivity (Wildman–Crippen MR) is 69.9 cm³/mol. The van der Waals surface area contributed by atoms with Crippen LogP contribution >= 0.6 is 22.6 Å². The fourth-order valence-corrected chi connectivity index (χ4v) is 2.70. The van der Waals surface area contributed by atoms with E-state index in [2.05, 4.69) is 16.3 Å². The van der Waals surface area contributed by atoms with E-state index >= 15 is 0 Å². The van der Waals surface area contributed by atoms with E-state index in [9.17, 15) is 21.6 Å². The van der Waals surface area contributed by atoms with Crippen LogP contribution in [0.25, 0.3) is 10.8 Å². The van der Waals surface area contributed by atoms with Crippen molar-refractivity contribution in [3.05, 3.63) is 40.0 Å². The van der Waals surface area contributed by atoms with Gasteiger partial charge in [-0.15, -0.1) is 0 Å². The molecule has 3 nitrogen and oxygen atoms in total. The van der Waals surface area contributed by atoms with Gasteiger partial charge in [0.25, 0.3) is 0 Å². The summed E-state index contributed by atoms with van der Waals surface area (Å²) in [6.45, 7) is 0. The lowest BCUT2D eigenvalue weighted by Crippen LogP contribution is -2.28. The molecule has 0 aliphatic heterocycles. The van der Waals surface area contributed by atoms with Gasteiger partial charge >= 0.3 is 15.6 Å². The van der Waals surface area contributed by atoms with E-state index in [1.54, 1.807) is 28.7 Å². The third kappa shape index (κ3) is 2.71. The molecule has 0 amide bonds. The van der Waals surface area contributed by atoms with Crippen LogP contribution in [-0.4, -0.2) is 13.9 Å². The lowest BCUT2D eigenvalue weighted by atomic mass is 10.1. The van der Waals surface area contributed by atoms with E-state index in [-0.39, 0.29) is 9.32 Å². The predicted octanol–water partition coefficient (Wildman–Crippen LogP) is 3.27. The van der Waals surface area contributed by atoms with Gasteiger partial charge in [-0.2, -0.15) is 21.6 Å². The Morgan fingerprint density at radius 1 is 1.21 bits per heavy atom. The Kier molecular flexibility index (Phi) is 3.53. The summed E-state index contributed by atoms with van der Waals surface area (Å²) in [4.78, 5) is 0. The monoisotopic (exact) mass is 400 g/mol. The van der Waals surface area contributed by atoms with Crippen molar-refractivity contribution in [2.75, 3.05) is 0 Å². The van der Waals surface area contributed by atoms with Gasteiger partial charge in [0.05, 0.1) is 3.57 Å². The number of benzene rings is 1. The van der Waals surface area contributed by atoms with E-state index in [0.717, 1.165) is 6.07 Å². The molecule has 2 rings (SSSR count). The van der Waals surface area contributed by atoms with Gasteiger partial charge in [-0.05, 0) is 46.9 Å². The van der Waals surface area contributed by atoms with E-state index < -0.39 is 15.6 Å². The van der Waals surface area contributed by atoms with Crippen LogP contribution in [0.3, 0.4) is 0 Å². The Morgan fingerprint density at radius 2 is 1.89 bits per heavy atom. The molecule has 0 aromatic heterocycles. The van der Waals surface area contributed by atoms with Gasteiger partial charge in [-0.3, -0.25) is 0 Å². The van der Waals surface area contributed by atoms with Crippen LogP contribution < -0.4 is 4.18 Å². The summed E-state index contributed by atoms with van der Waals surface area (Å²) in [5, 5.41) is 1.14. The quantitative estimate of drug-likeness (QED) is 0.442. The van der Waals surface area contributed by atoms with Gasteiger partial charge in [0, 0.05) is 10.8 Å². The molecule has 2 aromatic carbocycles. The van der Waals surface area contributed by atoms with Crippen LogP contribution in [0.5, 0.6) is 5.75 Å². The molecule has 0 aliphatic carbocycles. The second kappa shape index (κ2) is 4.72. The molecule has 0 saturated carbocycles. The Balaban J connectivity index is 2.51. The summed E-state index contributed by atoms with van der Waals surface area (Å²) >= 11 is 1.72. The van der Waals surface area contributed by atoms with Crippen LogP contribution in [-0.2, 0) is 10.1 Å². The highest BCUT2D eigenvalue weighted by Gasteiger charge is 2.48. The molecule has 0 atom stereocenters. The number of hydrogen-bond donors (Lipinski definition) is 0. The molecule has 0 unspecified atom stereocenters. The summed E-state index contributed by atoms with van der Waals surface area (Å²) < 4.78 is 63.0. The van der Waals surface area contributed by atoms with Crippen molar-refractivity contribution in [1.82, 2.24) is 0 Å². The standard InChI is InChI=1S/C11H4F3IO3S/c12-11(13,14)19(16,17)18-9-6-5-7-3-1-2-4-8(7)10(9)15/h2,4-6H. The summed E-state index contributed by atoms with van der Waals surface area (Å²) in [7, 11) is -5.66. The number of alkyl halides is 3. The fourth-order valence-electron chi connectivity index (χ4n) is 1.32. The van der Waals surface area contributed by atoms with E-state index in [1.807, 2.05) is 0 Å². The van der Waals surface area contributed by atoms with Gasteiger partial charge in [0.1, 0.15) is 0 Å². The Morgan fingerprint density at radius 3 is 2.53 bits per heavy atom. The maximum absolute atomic E-state index is 12.2. The molecule has 0 N–H and O–H groups in total. The van der Waals surface area contributed by atoms with Crippen LogP contribution in [0, 0.1) is 15.7 Å². The first-order valence-electron chi connectivity index (χ1n) is 4.74. The topological polar surface area (TPSA) is 43.4 Å². The maximum atomic E-state index is 12.2. The van der Waals surface area contributed by atoms with E-state index in [0.29, 0.717) is 10.8 Å². The van der Waals surface area contributed by atoms with Crippen molar-refractivity contribution < 1.29 is 25.8 Å². The molecule has 0 spiro atoms. The highest BCUT2D eigenvalue weighted by molar-refractivity contribution is 14.1. The van der Waals surface area contributed by atoms with E-state index in [4.69, 9.17) is 0 Å². The normalized spacial score (nSPS) is 12.2. The van der Waals surface area contributed by atoms with Crippen LogP contribution in [0.15, 0.2) is 24.3 Å². The van der Waals surface area contributed by atoms with Crippen molar-refractivity contribution >= 4 is 43.5 Å². The second-order valence-electron chi connectivity index (χ2n) is 3.42. The van der Waals surface area contributed by atoms with Crippen LogP contribution in [0.1, 0.15) is 0 Å². The van der Waals surface area contributed by atoms with Gasteiger partial charge in [0.15, 0.2) is 5.75 Å². The maximum Gasteiger partial charge on any atom is 0.534 e. The number of rotatable bonds is 2. The number of halogens is 4. The van der Waals surface area contributed by atoms with Gasteiger partial charge < -0.3 is 4.18 Å². The average molecular weight is 400 g/mol. The molecule has 0 aliphatic rings. The molecule has 100 valence electrons. The molecule has 0 saturated heterocycles. The molecule has 19 heavy (non-hydrogen) atoms. The molecular formula is C11H4F3IO3S. The fraction of sp³-hybridized carbons (Fsp3) is 0.0909. The summed E-state index contributed by atoms with van der Waals surface area (Å²) in [6.07, 6.45) is 0. The second-order valence-corrected chi connectivity index (χ2v) is 6.04. The van der Waals surface area contributed by atoms with E-state index in [1.165, 1.54) is 12.1 Å². The lowest BCUT2D eigenvalue weighted by molar-refractivity contribution is -0.0500.